The molecule has 0 radical (unpaired) electrons. The Hall–Kier alpha value is -2.19. The SMILES string of the molecule is C=CCOC(=O)[C@@H]1[C@H]2C(=O)N(CCCCCCO)C(C(=O)N(CC=C)CCCCC)C23CC[C@@]1(CC)O3. The van der Waals surface area contributed by atoms with E-state index < -0.39 is 35.0 Å². The number of nitrogens with zero attached hydrogens (tertiary/aromatic N) is 2. The third-order valence-electron chi connectivity index (χ3n) is 8.51. The van der Waals surface area contributed by atoms with Crippen molar-refractivity contribution in [1.29, 1.82) is 0 Å². The average molecular weight is 519 g/mol. The topological polar surface area (TPSA) is 96.4 Å². The average Bonchev–Trinajstić information content (AvgIpc) is 3.50. The Balaban J connectivity index is 1.97. The van der Waals surface area contributed by atoms with Crippen LogP contribution in [0.2, 0.25) is 0 Å². The molecule has 208 valence electrons. The highest BCUT2D eigenvalue weighted by Gasteiger charge is 2.79. The van der Waals surface area contributed by atoms with Crippen molar-refractivity contribution in [3.05, 3.63) is 25.3 Å². The van der Waals surface area contributed by atoms with Gasteiger partial charge in [0.2, 0.25) is 11.8 Å². The van der Waals surface area contributed by atoms with Gasteiger partial charge in [0.1, 0.15) is 24.2 Å². The lowest BCUT2D eigenvalue weighted by Gasteiger charge is -2.37. The summed E-state index contributed by atoms with van der Waals surface area (Å²) < 4.78 is 12.2. The zero-order chi connectivity index (χ0) is 27.1. The Morgan fingerprint density at radius 2 is 1.89 bits per heavy atom. The van der Waals surface area contributed by atoms with Crippen molar-refractivity contribution in [2.75, 3.05) is 32.8 Å². The molecule has 3 saturated heterocycles. The normalized spacial score (nSPS) is 29.9. The minimum Gasteiger partial charge on any atom is -0.461 e. The monoisotopic (exact) mass is 518 g/mol. The van der Waals surface area contributed by atoms with Gasteiger partial charge in [-0.1, -0.05) is 58.3 Å². The van der Waals surface area contributed by atoms with Crippen LogP contribution < -0.4 is 0 Å². The summed E-state index contributed by atoms with van der Waals surface area (Å²) in [6.45, 7) is 13.2. The number of carbonyl (C=O) groups excluding carboxylic acids is 3. The highest BCUT2D eigenvalue weighted by atomic mass is 16.6. The standard InChI is InChI=1S/C29H46N2O6/c1-5-9-12-18-30(17-6-2)26(34)24-29-16-15-28(8-4,37-29)23(27(35)36-21-7-3)22(29)25(33)31(24)19-13-10-11-14-20-32/h6-7,22-24,32H,2-3,5,8-21H2,1,4H3/t22-,23-,24?,28+,29?/m0/s1. The number of hydrogen-bond donors (Lipinski definition) is 1. The Bertz CT molecular complexity index is 846. The van der Waals surface area contributed by atoms with Crippen molar-refractivity contribution in [1.82, 2.24) is 9.80 Å². The molecule has 0 saturated carbocycles. The Kier molecular flexibility index (Phi) is 10.4. The molecule has 3 aliphatic heterocycles. The van der Waals surface area contributed by atoms with E-state index >= 15 is 0 Å². The number of hydrogen-bond acceptors (Lipinski definition) is 6. The summed E-state index contributed by atoms with van der Waals surface area (Å²) in [4.78, 5) is 45.1. The van der Waals surface area contributed by atoms with E-state index in [1.54, 1.807) is 15.9 Å². The van der Waals surface area contributed by atoms with Crippen LogP contribution in [0.15, 0.2) is 25.3 Å². The van der Waals surface area contributed by atoms with Crippen LogP contribution in [0.5, 0.6) is 0 Å². The van der Waals surface area contributed by atoms with Crippen molar-refractivity contribution in [3.8, 4) is 0 Å². The molecule has 2 amide bonds. The fourth-order valence-electron chi connectivity index (χ4n) is 6.75. The second-order valence-corrected chi connectivity index (χ2v) is 10.7. The van der Waals surface area contributed by atoms with E-state index in [1.165, 1.54) is 6.08 Å². The third kappa shape index (κ3) is 5.51. The van der Waals surface area contributed by atoms with Gasteiger partial charge in [-0.3, -0.25) is 14.4 Å². The van der Waals surface area contributed by atoms with Crippen molar-refractivity contribution in [2.45, 2.75) is 95.3 Å². The van der Waals surface area contributed by atoms with Gasteiger partial charge in [-0.2, -0.15) is 0 Å². The second-order valence-electron chi connectivity index (χ2n) is 10.7. The molecule has 1 N–H and O–H groups in total. The number of amides is 2. The number of carbonyl (C=O) groups is 3. The van der Waals surface area contributed by atoms with Crippen molar-refractivity contribution in [3.63, 3.8) is 0 Å². The molecule has 1 spiro atoms. The molecule has 0 aromatic rings. The molecule has 0 aromatic heterocycles. The zero-order valence-electron chi connectivity index (χ0n) is 22.8. The van der Waals surface area contributed by atoms with E-state index in [-0.39, 0.29) is 25.0 Å². The molecule has 3 aliphatic rings. The molecule has 5 atom stereocenters. The summed E-state index contributed by atoms with van der Waals surface area (Å²) in [7, 11) is 0. The minimum absolute atomic E-state index is 0.0739. The molecule has 3 fully saturated rings. The number of unbranched alkanes of at least 4 members (excludes halogenated alkanes) is 5. The van der Waals surface area contributed by atoms with Gasteiger partial charge < -0.3 is 24.4 Å². The number of likely N-dealkylation sites (tertiary alicyclic amines) is 1. The largest absolute Gasteiger partial charge is 0.461 e. The fourth-order valence-corrected chi connectivity index (χ4v) is 6.75. The highest BCUT2D eigenvalue weighted by Crippen LogP contribution is 2.64. The van der Waals surface area contributed by atoms with Gasteiger partial charge in [-0.15, -0.1) is 6.58 Å². The van der Waals surface area contributed by atoms with Gasteiger partial charge in [-0.25, -0.2) is 0 Å². The Morgan fingerprint density at radius 1 is 1.14 bits per heavy atom. The van der Waals surface area contributed by atoms with Crippen molar-refractivity contribution < 1.29 is 29.0 Å². The van der Waals surface area contributed by atoms with Crippen molar-refractivity contribution >= 4 is 17.8 Å². The quantitative estimate of drug-likeness (QED) is 0.179. The van der Waals surface area contributed by atoms with Crippen LogP contribution in [-0.2, 0) is 23.9 Å². The molecular weight excluding hydrogens is 472 g/mol. The highest BCUT2D eigenvalue weighted by molar-refractivity contribution is 5.98. The number of fused-ring (bicyclic) bond motifs is 1. The van der Waals surface area contributed by atoms with Crippen LogP contribution in [0.25, 0.3) is 0 Å². The zero-order valence-corrected chi connectivity index (χ0v) is 22.8. The third-order valence-corrected chi connectivity index (χ3v) is 8.51. The number of aliphatic hydroxyl groups is 1. The van der Waals surface area contributed by atoms with Gasteiger partial charge in [0.05, 0.1) is 11.5 Å². The maximum atomic E-state index is 14.2. The fraction of sp³-hybridized carbons (Fsp3) is 0.759. The molecule has 0 aliphatic carbocycles. The summed E-state index contributed by atoms with van der Waals surface area (Å²) in [6.07, 6.45) is 11.1. The summed E-state index contributed by atoms with van der Waals surface area (Å²) in [5, 5.41) is 9.11. The van der Waals surface area contributed by atoms with Gasteiger partial charge in [0.25, 0.3) is 0 Å². The molecule has 8 nitrogen and oxygen atoms in total. The Labute approximate surface area is 222 Å². The van der Waals surface area contributed by atoms with E-state index in [0.29, 0.717) is 45.3 Å². The number of aliphatic hydroxyl groups excluding tert-OH is 1. The predicted octanol–water partition coefficient (Wildman–Crippen LogP) is 3.63. The van der Waals surface area contributed by atoms with Crippen LogP contribution in [-0.4, -0.2) is 82.8 Å². The molecule has 3 rings (SSSR count). The summed E-state index contributed by atoms with van der Waals surface area (Å²) in [6, 6.07) is -0.768. The number of ether oxygens (including phenoxy) is 2. The predicted molar refractivity (Wildman–Crippen MR) is 142 cm³/mol. The maximum Gasteiger partial charge on any atom is 0.313 e. The van der Waals surface area contributed by atoms with Crippen LogP contribution in [0.1, 0.15) is 78.1 Å². The first kappa shape index (κ1) is 29.4. The first-order valence-corrected chi connectivity index (χ1v) is 14.2. The maximum absolute atomic E-state index is 14.2. The molecule has 37 heavy (non-hydrogen) atoms. The summed E-state index contributed by atoms with van der Waals surface area (Å²) >= 11 is 0. The number of esters is 1. The van der Waals surface area contributed by atoms with Gasteiger partial charge in [0.15, 0.2) is 0 Å². The van der Waals surface area contributed by atoms with Gasteiger partial charge >= 0.3 is 5.97 Å². The minimum atomic E-state index is -1.03. The summed E-state index contributed by atoms with van der Waals surface area (Å²) in [5.74, 6) is -2.20. The molecular formula is C29H46N2O6. The number of rotatable bonds is 17. The molecule has 2 bridgehead atoms. The first-order chi connectivity index (χ1) is 17.9. The second kappa shape index (κ2) is 13.1. The molecule has 8 heteroatoms. The lowest BCUT2D eigenvalue weighted by atomic mass is 9.65. The first-order valence-electron chi connectivity index (χ1n) is 14.2. The van der Waals surface area contributed by atoms with Crippen LogP contribution in [0, 0.1) is 11.8 Å². The van der Waals surface area contributed by atoms with E-state index in [2.05, 4.69) is 20.1 Å². The summed E-state index contributed by atoms with van der Waals surface area (Å²) in [5.41, 5.74) is -1.83. The van der Waals surface area contributed by atoms with E-state index in [9.17, 15) is 14.4 Å². The lowest BCUT2D eigenvalue weighted by Crippen LogP contribution is -2.56. The van der Waals surface area contributed by atoms with E-state index in [1.807, 2.05) is 6.92 Å². The van der Waals surface area contributed by atoms with Crippen LogP contribution >= 0.6 is 0 Å². The molecule has 3 heterocycles. The smallest absolute Gasteiger partial charge is 0.313 e. The van der Waals surface area contributed by atoms with Crippen molar-refractivity contribution in [2.24, 2.45) is 11.8 Å². The molecule has 2 unspecified atom stereocenters. The van der Waals surface area contributed by atoms with Gasteiger partial charge in [-0.05, 0) is 38.5 Å². The molecule has 0 aromatic carbocycles. The van der Waals surface area contributed by atoms with E-state index in [0.717, 1.165) is 38.5 Å². The Morgan fingerprint density at radius 3 is 2.54 bits per heavy atom. The van der Waals surface area contributed by atoms with Crippen LogP contribution in [0.3, 0.4) is 0 Å². The van der Waals surface area contributed by atoms with Crippen LogP contribution in [0.4, 0.5) is 0 Å². The van der Waals surface area contributed by atoms with E-state index in [4.69, 9.17) is 14.6 Å². The van der Waals surface area contributed by atoms with Gasteiger partial charge in [0, 0.05) is 26.2 Å². The lowest BCUT2D eigenvalue weighted by molar-refractivity contribution is -0.161.